The lowest BCUT2D eigenvalue weighted by molar-refractivity contribution is -0.150. The zero-order chi connectivity index (χ0) is 16.9. The number of carbonyl (C=O) groups excluding carboxylic acids is 2. The Balaban J connectivity index is 1.73. The van der Waals surface area contributed by atoms with Crippen LogP contribution in [0.1, 0.15) is 13.3 Å². The van der Waals surface area contributed by atoms with Crippen LogP contribution < -0.4 is 5.32 Å². The van der Waals surface area contributed by atoms with E-state index < -0.39 is 27.8 Å². The molecule has 1 amide bonds. The van der Waals surface area contributed by atoms with E-state index in [-0.39, 0.29) is 22.5 Å². The Hall–Kier alpha value is -1.54. The van der Waals surface area contributed by atoms with Crippen molar-refractivity contribution in [2.45, 2.75) is 24.7 Å². The maximum Gasteiger partial charge on any atom is 0.316 e. The quantitative estimate of drug-likeness (QED) is 0.776. The minimum Gasteiger partial charge on any atom is -0.452 e. The summed E-state index contributed by atoms with van der Waals surface area (Å²) in [6.07, 6.45) is -0.347. The molecular formula is C15H19NO5S2. The molecule has 2 rings (SSSR count). The van der Waals surface area contributed by atoms with E-state index >= 15 is 0 Å². The van der Waals surface area contributed by atoms with Gasteiger partial charge in [-0.2, -0.15) is 0 Å². The second-order valence-electron chi connectivity index (χ2n) is 5.32. The Bertz CT molecular complexity index is 660. The minimum absolute atomic E-state index is 0.0448. The van der Waals surface area contributed by atoms with Crippen molar-refractivity contribution in [2.75, 3.05) is 22.6 Å². The number of sulfone groups is 1. The lowest BCUT2D eigenvalue weighted by atomic mass is 10.3. The first kappa shape index (κ1) is 17.8. The Morgan fingerprint density at radius 3 is 2.65 bits per heavy atom. The number of anilines is 1. The molecule has 1 aromatic carbocycles. The van der Waals surface area contributed by atoms with Gasteiger partial charge in [0.1, 0.15) is 0 Å². The van der Waals surface area contributed by atoms with Gasteiger partial charge in [-0.3, -0.25) is 9.59 Å². The third kappa shape index (κ3) is 5.87. The van der Waals surface area contributed by atoms with Gasteiger partial charge in [-0.05, 0) is 25.5 Å². The lowest BCUT2D eigenvalue weighted by Gasteiger charge is -2.14. The first-order chi connectivity index (χ1) is 10.9. The van der Waals surface area contributed by atoms with Gasteiger partial charge in [0.2, 0.25) is 0 Å². The van der Waals surface area contributed by atoms with Crippen molar-refractivity contribution in [1.82, 2.24) is 0 Å². The summed E-state index contributed by atoms with van der Waals surface area (Å²) < 4.78 is 27.8. The number of thioether (sulfide) groups is 1. The van der Waals surface area contributed by atoms with E-state index in [1.54, 1.807) is 24.3 Å². The third-order valence-electron chi connectivity index (χ3n) is 3.35. The van der Waals surface area contributed by atoms with Crippen LogP contribution in [-0.4, -0.2) is 48.9 Å². The molecule has 1 aliphatic rings. The number of amides is 1. The maximum atomic E-state index is 11.9. The van der Waals surface area contributed by atoms with Crippen LogP contribution in [0.15, 0.2) is 30.3 Å². The fourth-order valence-corrected chi connectivity index (χ4v) is 5.55. The van der Waals surface area contributed by atoms with E-state index in [2.05, 4.69) is 5.32 Å². The second-order valence-corrected chi connectivity index (χ2v) is 8.84. The van der Waals surface area contributed by atoms with E-state index in [4.69, 9.17) is 4.74 Å². The number of ether oxygens (including phenoxy) is 1. The molecule has 1 aromatic rings. The number of carbonyl (C=O) groups is 2. The van der Waals surface area contributed by atoms with Crippen molar-refractivity contribution in [3.05, 3.63) is 30.3 Å². The van der Waals surface area contributed by atoms with E-state index in [1.807, 2.05) is 6.07 Å². The standard InChI is InChI=1S/C15H19NO5S2/c1-11(15(18)16-12-5-3-2-4-6-12)21-14(17)9-22-13-7-8-23(19,20)10-13/h2-6,11,13H,7-10H2,1H3,(H,16,18)/t11-,13+/m1/s1. The average molecular weight is 357 g/mol. The van der Waals surface area contributed by atoms with Gasteiger partial charge in [0.25, 0.3) is 5.91 Å². The molecule has 1 fully saturated rings. The summed E-state index contributed by atoms with van der Waals surface area (Å²) in [6, 6.07) is 8.89. The van der Waals surface area contributed by atoms with Gasteiger partial charge in [0, 0.05) is 10.9 Å². The molecule has 1 saturated heterocycles. The number of hydrogen-bond donors (Lipinski definition) is 1. The van der Waals surface area contributed by atoms with Crippen LogP contribution in [0.2, 0.25) is 0 Å². The molecule has 126 valence electrons. The fraction of sp³-hybridized carbons (Fsp3) is 0.467. The summed E-state index contributed by atoms with van der Waals surface area (Å²) in [4.78, 5) is 23.7. The molecule has 1 heterocycles. The normalized spacial score (nSPS) is 20.7. The maximum absolute atomic E-state index is 11.9. The van der Waals surface area contributed by atoms with Crippen LogP contribution in [0.5, 0.6) is 0 Å². The smallest absolute Gasteiger partial charge is 0.316 e. The number of benzene rings is 1. The van der Waals surface area contributed by atoms with Gasteiger partial charge >= 0.3 is 5.97 Å². The van der Waals surface area contributed by atoms with Crippen LogP contribution in [-0.2, 0) is 24.2 Å². The third-order valence-corrected chi connectivity index (χ3v) is 6.60. The number of para-hydroxylation sites is 1. The van der Waals surface area contributed by atoms with Crippen LogP contribution in [0.3, 0.4) is 0 Å². The highest BCUT2D eigenvalue weighted by Gasteiger charge is 2.29. The van der Waals surface area contributed by atoms with E-state index in [1.165, 1.54) is 18.7 Å². The number of esters is 1. The van der Waals surface area contributed by atoms with Crippen molar-refractivity contribution in [1.29, 1.82) is 0 Å². The van der Waals surface area contributed by atoms with Crippen molar-refractivity contribution < 1.29 is 22.7 Å². The van der Waals surface area contributed by atoms with Gasteiger partial charge < -0.3 is 10.1 Å². The Labute approximate surface area is 139 Å². The van der Waals surface area contributed by atoms with Crippen molar-refractivity contribution >= 4 is 39.2 Å². The summed E-state index contributed by atoms with van der Waals surface area (Å²) in [7, 11) is -2.95. The molecule has 1 N–H and O–H groups in total. The molecule has 6 nitrogen and oxygen atoms in total. The number of nitrogens with one attached hydrogen (secondary N) is 1. The summed E-state index contributed by atoms with van der Waals surface area (Å²) in [6.45, 7) is 1.50. The zero-order valence-corrected chi connectivity index (χ0v) is 14.4. The van der Waals surface area contributed by atoms with Crippen molar-refractivity contribution in [3.8, 4) is 0 Å². The fourth-order valence-electron chi connectivity index (χ4n) is 2.13. The number of hydrogen-bond acceptors (Lipinski definition) is 6. The molecule has 1 aliphatic heterocycles. The molecular weight excluding hydrogens is 338 g/mol. The summed E-state index contributed by atoms with van der Waals surface area (Å²) in [5.74, 6) is -0.596. The molecule has 0 radical (unpaired) electrons. The van der Waals surface area contributed by atoms with Crippen LogP contribution >= 0.6 is 11.8 Å². The average Bonchev–Trinajstić information content (AvgIpc) is 2.85. The summed E-state index contributed by atoms with van der Waals surface area (Å²) >= 11 is 1.27. The minimum atomic E-state index is -2.95. The highest BCUT2D eigenvalue weighted by molar-refractivity contribution is 8.02. The highest BCUT2D eigenvalue weighted by atomic mass is 32.2. The van der Waals surface area contributed by atoms with Crippen LogP contribution in [0, 0.1) is 0 Å². The highest BCUT2D eigenvalue weighted by Crippen LogP contribution is 2.24. The zero-order valence-electron chi connectivity index (χ0n) is 12.7. The van der Waals surface area contributed by atoms with E-state index in [0.29, 0.717) is 12.1 Å². The van der Waals surface area contributed by atoms with E-state index in [0.717, 1.165) is 0 Å². The lowest BCUT2D eigenvalue weighted by Crippen LogP contribution is -2.30. The molecule has 8 heteroatoms. The van der Waals surface area contributed by atoms with Crippen LogP contribution in [0.4, 0.5) is 5.69 Å². The first-order valence-corrected chi connectivity index (χ1v) is 10.1. The number of rotatable bonds is 6. The molecule has 0 saturated carbocycles. The van der Waals surface area contributed by atoms with E-state index in [9.17, 15) is 18.0 Å². The molecule has 23 heavy (non-hydrogen) atoms. The summed E-state index contributed by atoms with van der Waals surface area (Å²) in [5, 5.41) is 2.58. The largest absolute Gasteiger partial charge is 0.452 e. The topological polar surface area (TPSA) is 89.5 Å². The van der Waals surface area contributed by atoms with Crippen LogP contribution in [0.25, 0.3) is 0 Å². The molecule has 2 atom stereocenters. The predicted octanol–water partition coefficient (Wildman–Crippen LogP) is 1.48. The Kier molecular flexibility index (Phi) is 6.06. The molecule has 0 unspecified atom stereocenters. The molecule has 0 bridgehead atoms. The van der Waals surface area contributed by atoms with Crippen molar-refractivity contribution in [3.63, 3.8) is 0 Å². The predicted molar refractivity (Wildman–Crippen MR) is 90.1 cm³/mol. The molecule has 0 spiro atoms. The Morgan fingerprint density at radius 2 is 2.04 bits per heavy atom. The van der Waals surface area contributed by atoms with Gasteiger partial charge in [0.15, 0.2) is 15.9 Å². The Morgan fingerprint density at radius 1 is 1.35 bits per heavy atom. The summed E-state index contributed by atoms with van der Waals surface area (Å²) in [5.41, 5.74) is 0.630. The van der Waals surface area contributed by atoms with Crippen molar-refractivity contribution in [2.24, 2.45) is 0 Å². The second kappa shape index (κ2) is 7.83. The SMILES string of the molecule is C[C@@H](OC(=O)CS[C@H]1CCS(=O)(=O)C1)C(=O)Nc1ccccc1. The monoisotopic (exact) mass is 357 g/mol. The molecule has 0 aromatic heterocycles. The van der Waals surface area contributed by atoms with Gasteiger partial charge in [0.05, 0.1) is 17.3 Å². The molecule has 0 aliphatic carbocycles. The van der Waals surface area contributed by atoms with Gasteiger partial charge in [-0.15, -0.1) is 11.8 Å². The first-order valence-electron chi connectivity index (χ1n) is 7.23. The van der Waals surface area contributed by atoms with Gasteiger partial charge in [-0.25, -0.2) is 8.42 Å². The van der Waals surface area contributed by atoms with Gasteiger partial charge in [-0.1, -0.05) is 18.2 Å².